The van der Waals surface area contributed by atoms with Gasteiger partial charge in [-0.1, -0.05) is 29.8 Å². The van der Waals surface area contributed by atoms with E-state index in [2.05, 4.69) is 9.97 Å². The van der Waals surface area contributed by atoms with Crippen molar-refractivity contribution < 1.29 is 4.79 Å². The Bertz CT molecular complexity index is 660. The van der Waals surface area contributed by atoms with Gasteiger partial charge in [-0.15, -0.1) is 23.5 Å². The molecular weight excluding hydrogens is 288 g/mol. The summed E-state index contributed by atoms with van der Waals surface area (Å²) in [5.41, 5.74) is 3.23. The molecule has 1 aliphatic rings. The molecule has 20 heavy (non-hydrogen) atoms. The van der Waals surface area contributed by atoms with Gasteiger partial charge in [-0.2, -0.15) is 0 Å². The highest BCUT2D eigenvalue weighted by Gasteiger charge is 2.25. The van der Waals surface area contributed by atoms with Crippen molar-refractivity contribution >= 4 is 34.9 Å². The second kappa shape index (κ2) is 5.81. The zero-order valence-electron chi connectivity index (χ0n) is 10.9. The summed E-state index contributed by atoms with van der Waals surface area (Å²) in [6.07, 6.45) is 3.14. The van der Waals surface area contributed by atoms with Gasteiger partial charge in [0, 0.05) is 16.8 Å². The summed E-state index contributed by atoms with van der Waals surface area (Å²) < 4.78 is 1.05. The number of Topliss-reactive ketones (excluding diaryl/α,β-unsaturated/α-hetero) is 1. The van der Waals surface area contributed by atoms with E-state index in [1.807, 2.05) is 31.2 Å². The fourth-order valence-corrected chi connectivity index (χ4v) is 3.49. The van der Waals surface area contributed by atoms with Crippen molar-refractivity contribution in [1.29, 1.82) is 0 Å². The van der Waals surface area contributed by atoms with Crippen molar-refractivity contribution in [2.24, 2.45) is 0 Å². The Kier molecular flexibility index (Phi) is 3.89. The SMILES string of the molecule is Cc1ccc(C(=O)C(=C2SCS2)c2ccncn2)cc1. The van der Waals surface area contributed by atoms with Gasteiger partial charge in [0.1, 0.15) is 6.33 Å². The number of nitrogens with zero attached hydrogens (tertiary/aromatic N) is 2. The first-order valence-electron chi connectivity index (χ1n) is 6.13. The zero-order valence-corrected chi connectivity index (χ0v) is 12.5. The molecule has 0 bridgehead atoms. The lowest BCUT2D eigenvalue weighted by Gasteiger charge is -2.19. The largest absolute Gasteiger partial charge is 0.288 e. The fraction of sp³-hybridized carbons (Fsp3) is 0.133. The molecule has 3 nitrogen and oxygen atoms in total. The van der Waals surface area contributed by atoms with Gasteiger partial charge in [-0.3, -0.25) is 4.79 Å². The minimum absolute atomic E-state index is 0.0263. The van der Waals surface area contributed by atoms with Gasteiger partial charge in [0.15, 0.2) is 5.78 Å². The van der Waals surface area contributed by atoms with Crippen molar-refractivity contribution in [1.82, 2.24) is 9.97 Å². The van der Waals surface area contributed by atoms with Crippen molar-refractivity contribution in [2.75, 3.05) is 5.08 Å². The molecule has 100 valence electrons. The van der Waals surface area contributed by atoms with Crippen molar-refractivity contribution in [3.05, 3.63) is 63.9 Å². The quantitative estimate of drug-likeness (QED) is 0.637. The molecule has 2 heterocycles. The lowest BCUT2D eigenvalue weighted by Crippen LogP contribution is -2.08. The molecule has 0 radical (unpaired) electrons. The molecule has 1 aromatic heterocycles. The number of carbonyl (C=O) groups is 1. The Morgan fingerprint density at radius 2 is 1.90 bits per heavy atom. The smallest absolute Gasteiger partial charge is 0.196 e. The maximum absolute atomic E-state index is 12.7. The molecule has 0 aliphatic carbocycles. The van der Waals surface area contributed by atoms with Crippen LogP contribution in [-0.2, 0) is 0 Å². The number of ketones is 1. The minimum atomic E-state index is 0.0263. The highest BCUT2D eigenvalue weighted by atomic mass is 32.3. The third-order valence-electron chi connectivity index (χ3n) is 2.96. The molecule has 0 saturated carbocycles. The van der Waals surface area contributed by atoms with E-state index >= 15 is 0 Å². The van der Waals surface area contributed by atoms with Gasteiger partial charge < -0.3 is 0 Å². The topological polar surface area (TPSA) is 42.9 Å². The molecule has 1 aliphatic heterocycles. The Morgan fingerprint density at radius 3 is 2.45 bits per heavy atom. The van der Waals surface area contributed by atoms with Gasteiger partial charge >= 0.3 is 0 Å². The maximum Gasteiger partial charge on any atom is 0.196 e. The Labute approximate surface area is 125 Å². The molecule has 0 atom stereocenters. The van der Waals surface area contributed by atoms with Crippen LogP contribution in [0.1, 0.15) is 21.6 Å². The first kappa shape index (κ1) is 13.4. The van der Waals surface area contributed by atoms with E-state index in [4.69, 9.17) is 0 Å². The molecular formula is C15H12N2OS2. The molecule has 1 aromatic carbocycles. The molecule has 1 fully saturated rings. The van der Waals surface area contributed by atoms with Crippen LogP contribution in [0.2, 0.25) is 0 Å². The average Bonchev–Trinajstić information content (AvgIpc) is 2.44. The highest BCUT2D eigenvalue weighted by Crippen LogP contribution is 2.48. The van der Waals surface area contributed by atoms with E-state index in [1.165, 1.54) is 6.33 Å². The Morgan fingerprint density at radius 1 is 1.15 bits per heavy atom. The van der Waals surface area contributed by atoms with Crippen LogP contribution in [0.25, 0.3) is 5.57 Å². The first-order valence-corrected chi connectivity index (χ1v) is 8.10. The number of aromatic nitrogens is 2. The predicted octanol–water partition coefficient (Wildman–Crippen LogP) is 3.77. The van der Waals surface area contributed by atoms with Crippen molar-refractivity contribution in [2.45, 2.75) is 6.92 Å². The summed E-state index contributed by atoms with van der Waals surface area (Å²) in [4.78, 5) is 20.9. The second-order valence-electron chi connectivity index (χ2n) is 4.36. The third kappa shape index (κ3) is 2.64. The normalized spacial score (nSPS) is 13.8. The van der Waals surface area contributed by atoms with Crippen LogP contribution in [0.5, 0.6) is 0 Å². The summed E-state index contributed by atoms with van der Waals surface area (Å²) in [6, 6.07) is 9.43. The van der Waals surface area contributed by atoms with Gasteiger partial charge in [0.05, 0.1) is 15.5 Å². The van der Waals surface area contributed by atoms with E-state index in [0.717, 1.165) is 14.9 Å². The number of allylic oxidation sites excluding steroid dienone is 1. The summed E-state index contributed by atoms with van der Waals surface area (Å²) >= 11 is 3.39. The number of hydrogen-bond acceptors (Lipinski definition) is 5. The van der Waals surface area contributed by atoms with Crippen LogP contribution in [0.15, 0.2) is 47.1 Å². The zero-order chi connectivity index (χ0) is 13.9. The van der Waals surface area contributed by atoms with Gasteiger partial charge in [-0.05, 0) is 13.0 Å². The van der Waals surface area contributed by atoms with Gasteiger partial charge in [-0.25, -0.2) is 9.97 Å². The van der Waals surface area contributed by atoms with E-state index in [1.54, 1.807) is 35.8 Å². The summed E-state index contributed by atoms with van der Waals surface area (Å²) in [5.74, 6) is 0.0263. The molecule has 0 amide bonds. The van der Waals surface area contributed by atoms with E-state index < -0.39 is 0 Å². The first-order chi connectivity index (χ1) is 9.75. The predicted molar refractivity (Wildman–Crippen MR) is 84.5 cm³/mol. The minimum Gasteiger partial charge on any atom is -0.288 e. The lowest BCUT2D eigenvalue weighted by molar-refractivity contribution is 0.105. The van der Waals surface area contributed by atoms with Gasteiger partial charge in [0.2, 0.25) is 0 Å². The number of thioether (sulfide) groups is 2. The Hall–Kier alpha value is -1.59. The summed E-state index contributed by atoms with van der Waals surface area (Å²) in [6.45, 7) is 2.01. The van der Waals surface area contributed by atoms with E-state index in [-0.39, 0.29) is 5.78 Å². The highest BCUT2D eigenvalue weighted by molar-refractivity contribution is 8.37. The lowest BCUT2D eigenvalue weighted by atomic mass is 10.0. The van der Waals surface area contributed by atoms with Crippen molar-refractivity contribution in [3.63, 3.8) is 0 Å². The monoisotopic (exact) mass is 300 g/mol. The summed E-state index contributed by atoms with van der Waals surface area (Å²) in [5, 5.41) is 0.991. The number of hydrogen-bond donors (Lipinski definition) is 0. The molecule has 3 rings (SSSR count). The number of aryl methyl sites for hydroxylation is 1. The number of carbonyl (C=O) groups excluding carboxylic acids is 1. The standard InChI is InChI=1S/C15H12N2OS2/c1-10-2-4-11(5-3-10)14(18)13(15-19-9-20-15)12-6-7-16-8-17-12/h2-8H,9H2,1H3. The molecule has 0 unspecified atom stereocenters. The maximum atomic E-state index is 12.7. The van der Waals surface area contributed by atoms with Crippen LogP contribution in [0.4, 0.5) is 0 Å². The second-order valence-corrected chi connectivity index (χ2v) is 6.95. The molecule has 5 heteroatoms. The van der Waals surface area contributed by atoms with Crippen molar-refractivity contribution in [3.8, 4) is 0 Å². The molecule has 0 spiro atoms. The van der Waals surface area contributed by atoms with Crippen LogP contribution in [-0.4, -0.2) is 20.8 Å². The van der Waals surface area contributed by atoms with Gasteiger partial charge in [0.25, 0.3) is 0 Å². The van der Waals surface area contributed by atoms with Crippen LogP contribution < -0.4 is 0 Å². The summed E-state index contributed by atoms with van der Waals surface area (Å²) in [7, 11) is 0. The van der Waals surface area contributed by atoms with E-state index in [0.29, 0.717) is 16.8 Å². The third-order valence-corrected chi connectivity index (χ3v) is 5.55. The van der Waals surface area contributed by atoms with Crippen LogP contribution in [0.3, 0.4) is 0 Å². The molecule has 0 N–H and O–H groups in total. The molecule has 2 aromatic rings. The fourth-order valence-electron chi connectivity index (χ4n) is 1.86. The van der Waals surface area contributed by atoms with Crippen LogP contribution in [0, 0.1) is 6.92 Å². The van der Waals surface area contributed by atoms with Crippen LogP contribution >= 0.6 is 23.5 Å². The molecule has 1 saturated heterocycles. The number of benzene rings is 1. The number of rotatable bonds is 3. The Balaban J connectivity index is 2.03. The average molecular weight is 300 g/mol. The van der Waals surface area contributed by atoms with E-state index in [9.17, 15) is 4.79 Å².